The molecular weight excluding hydrogens is 390 g/mol. The number of nitrogens with two attached hydrogens (primary N) is 1. The molecule has 4 nitrogen and oxygen atoms in total. The van der Waals surface area contributed by atoms with Gasteiger partial charge in [-0.05, 0) is 34.5 Å². The number of hydrogen-bond acceptors (Lipinski definition) is 5. The predicted octanol–water partition coefficient (Wildman–Crippen LogP) is 5.00. The monoisotopic (exact) mass is 405 g/mol. The van der Waals surface area contributed by atoms with Crippen molar-refractivity contribution in [2.24, 2.45) is 0 Å². The van der Waals surface area contributed by atoms with Crippen molar-refractivity contribution in [3.63, 3.8) is 0 Å². The molecule has 0 fully saturated rings. The molecule has 3 aromatic rings. The van der Waals surface area contributed by atoms with E-state index in [0.717, 1.165) is 20.1 Å². The van der Waals surface area contributed by atoms with Crippen LogP contribution >= 0.6 is 27.3 Å². The Hall–Kier alpha value is -2.05. The van der Waals surface area contributed by atoms with Crippen LogP contribution in [-0.4, -0.2) is 12.6 Å². The smallest absolute Gasteiger partial charge is 0.341 e. The third-order valence-electron chi connectivity index (χ3n) is 3.50. The summed E-state index contributed by atoms with van der Waals surface area (Å²) in [5, 5.41) is 1.19. The zero-order chi connectivity index (χ0) is 17.1. The van der Waals surface area contributed by atoms with E-state index in [4.69, 9.17) is 15.2 Å². The number of carbonyl (C=O) groups is 1. The summed E-state index contributed by atoms with van der Waals surface area (Å²) in [5.41, 5.74) is 7.53. The quantitative estimate of drug-likeness (QED) is 0.606. The minimum Gasteiger partial charge on any atom is -0.486 e. The third kappa shape index (κ3) is 3.25. The number of fused-ring (bicyclic) bond motifs is 1. The lowest BCUT2D eigenvalue weighted by molar-refractivity contribution is 0.0530. The molecule has 24 heavy (non-hydrogen) atoms. The zero-order valence-electron chi connectivity index (χ0n) is 13.0. The minimum atomic E-state index is -0.405. The molecule has 6 heteroatoms. The Morgan fingerprint density at radius 1 is 1.21 bits per heavy atom. The number of esters is 1. The average Bonchev–Trinajstić information content (AvgIpc) is 2.91. The van der Waals surface area contributed by atoms with Crippen molar-refractivity contribution < 1.29 is 14.3 Å². The van der Waals surface area contributed by atoms with Crippen LogP contribution in [0.25, 0.3) is 10.1 Å². The number of halogens is 1. The van der Waals surface area contributed by atoms with Crippen LogP contribution < -0.4 is 10.5 Å². The van der Waals surface area contributed by atoms with Crippen molar-refractivity contribution in [1.29, 1.82) is 0 Å². The van der Waals surface area contributed by atoms with Gasteiger partial charge in [0.1, 0.15) is 17.2 Å². The Balaban J connectivity index is 2.00. The number of carbonyl (C=O) groups excluding carboxylic acids is 1. The second-order valence-electron chi connectivity index (χ2n) is 5.09. The van der Waals surface area contributed by atoms with E-state index < -0.39 is 5.97 Å². The molecule has 2 aromatic carbocycles. The van der Waals surface area contributed by atoms with Crippen molar-refractivity contribution in [3.05, 3.63) is 58.1 Å². The first kappa shape index (κ1) is 16.8. The highest BCUT2D eigenvalue weighted by molar-refractivity contribution is 9.10. The van der Waals surface area contributed by atoms with Gasteiger partial charge in [-0.15, -0.1) is 11.3 Å². The molecule has 0 amide bonds. The molecule has 1 heterocycles. The molecule has 0 spiro atoms. The second-order valence-corrected chi connectivity index (χ2v) is 7.00. The standard InChI is InChI=1S/C18H16BrNO3S/c1-2-22-18(21)14-12-8-9-13(19)15(16(12)24-17(14)20)23-10-11-6-4-3-5-7-11/h3-9H,2,10,20H2,1H3. The first-order valence-electron chi connectivity index (χ1n) is 7.46. The summed E-state index contributed by atoms with van der Waals surface area (Å²) in [6, 6.07) is 13.6. The molecule has 124 valence electrons. The summed E-state index contributed by atoms with van der Waals surface area (Å²) in [6.07, 6.45) is 0. The van der Waals surface area contributed by atoms with Crippen LogP contribution in [0.1, 0.15) is 22.8 Å². The molecular formula is C18H16BrNO3S. The van der Waals surface area contributed by atoms with E-state index in [1.807, 2.05) is 42.5 Å². The van der Waals surface area contributed by atoms with Crippen LogP contribution in [-0.2, 0) is 11.3 Å². The lowest BCUT2D eigenvalue weighted by atomic mass is 10.1. The molecule has 0 atom stereocenters. The Bertz CT molecular complexity index is 877. The summed E-state index contributed by atoms with van der Waals surface area (Å²) >= 11 is 4.85. The van der Waals surface area contributed by atoms with E-state index in [0.29, 0.717) is 29.5 Å². The van der Waals surface area contributed by atoms with Crippen molar-refractivity contribution in [2.75, 3.05) is 12.3 Å². The van der Waals surface area contributed by atoms with E-state index in [1.54, 1.807) is 6.92 Å². The molecule has 0 saturated heterocycles. The van der Waals surface area contributed by atoms with E-state index in [2.05, 4.69) is 15.9 Å². The number of benzene rings is 2. The Morgan fingerprint density at radius 3 is 2.67 bits per heavy atom. The fourth-order valence-electron chi connectivity index (χ4n) is 2.41. The molecule has 0 radical (unpaired) electrons. The minimum absolute atomic E-state index is 0.309. The highest BCUT2D eigenvalue weighted by atomic mass is 79.9. The lowest BCUT2D eigenvalue weighted by Crippen LogP contribution is -2.06. The summed E-state index contributed by atoms with van der Waals surface area (Å²) in [6.45, 7) is 2.52. The number of nitrogen functional groups attached to an aromatic ring is 1. The van der Waals surface area contributed by atoms with Crippen LogP contribution in [0.2, 0.25) is 0 Å². The number of ether oxygens (including phenoxy) is 2. The lowest BCUT2D eigenvalue weighted by Gasteiger charge is -2.10. The number of hydrogen-bond donors (Lipinski definition) is 1. The van der Waals surface area contributed by atoms with Gasteiger partial charge in [-0.2, -0.15) is 0 Å². The fraction of sp³-hybridized carbons (Fsp3) is 0.167. The zero-order valence-corrected chi connectivity index (χ0v) is 15.4. The largest absolute Gasteiger partial charge is 0.486 e. The normalized spacial score (nSPS) is 10.8. The molecule has 0 saturated carbocycles. The van der Waals surface area contributed by atoms with Crippen LogP contribution in [0.5, 0.6) is 5.75 Å². The molecule has 0 unspecified atom stereocenters. The van der Waals surface area contributed by atoms with Crippen LogP contribution in [0.3, 0.4) is 0 Å². The molecule has 0 aliphatic carbocycles. The summed E-state index contributed by atoms with van der Waals surface area (Å²) in [7, 11) is 0. The van der Waals surface area contributed by atoms with E-state index >= 15 is 0 Å². The SMILES string of the molecule is CCOC(=O)c1c(N)sc2c(OCc3ccccc3)c(Br)ccc12. The van der Waals surface area contributed by atoms with E-state index in [-0.39, 0.29) is 0 Å². The van der Waals surface area contributed by atoms with Gasteiger partial charge in [0.15, 0.2) is 5.75 Å². The predicted molar refractivity (Wildman–Crippen MR) is 101 cm³/mol. The molecule has 0 bridgehead atoms. The van der Waals surface area contributed by atoms with E-state index in [1.165, 1.54) is 11.3 Å². The van der Waals surface area contributed by atoms with E-state index in [9.17, 15) is 4.79 Å². The van der Waals surface area contributed by atoms with Gasteiger partial charge in [0.05, 0.1) is 15.8 Å². The van der Waals surface area contributed by atoms with Crippen LogP contribution in [0, 0.1) is 0 Å². The molecule has 0 aliphatic rings. The number of rotatable bonds is 5. The second kappa shape index (κ2) is 7.23. The Morgan fingerprint density at radius 2 is 1.96 bits per heavy atom. The van der Waals surface area contributed by atoms with Crippen molar-refractivity contribution in [2.45, 2.75) is 13.5 Å². The summed E-state index contributed by atoms with van der Waals surface area (Å²) in [4.78, 5) is 12.2. The van der Waals surface area contributed by atoms with Gasteiger partial charge >= 0.3 is 5.97 Å². The van der Waals surface area contributed by atoms with Gasteiger partial charge in [0, 0.05) is 5.39 Å². The van der Waals surface area contributed by atoms with Crippen molar-refractivity contribution in [1.82, 2.24) is 0 Å². The van der Waals surface area contributed by atoms with Gasteiger partial charge in [-0.3, -0.25) is 0 Å². The number of thiophene rings is 1. The van der Waals surface area contributed by atoms with Gasteiger partial charge in [0.25, 0.3) is 0 Å². The van der Waals surface area contributed by atoms with Gasteiger partial charge in [0.2, 0.25) is 0 Å². The van der Waals surface area contributed by atoms with Gasteiger partial charge in [-0.1, -0.05) is 36.4 Å². The molecule has 2 N–H and O–H groups in total. The third-order valence-corrected chi connectivity index (χ3v) is 5.16. The Kier molecular flexibility index (Phi) is 5.06. The van der Waals surface area contributed by atoms with Gasteiger partial charge < -0.3 is 15.2 Å². The summed E-state index contributed by atoms with van der Waals surface area (Å²) < 4.78 is 12.8. The Labute approximate surface area is 152 Å². The van der Waals surface area contributed by atoms with Crippen molar-refractivity contribution in [3.8, 4) is 5.75 Å². The molecule has 0 aliphatic heterocycles. The first-order chi connectivity index (χ1) is 11.6. The topological polar surface area (TPSA) is 61.5 Å². The highest BCUT2D eigenvalue weighted by Crippen LogP contribution is 2.43. The molecule has 1 aromatic heterocycles. The first-order valence-corrected chi connectivity index (χ1v) is 9.07. The maximum absolute atomic E-state index is 12.2. The van der Waals surface area contributed by atoms with Crippen LogP contribution in [0.15, 0.2) is 46.9 Å². The van der Waals surface area contributed by atoms with Crippen molar-refractivity contribution >= 4 is 48.3 Å². The summed E-state index contributed by atoms with van der Waals surface area (Å²) in [5.74, 6) is 0.279. The maximum atomic E-state index is 12.2. The van der Waals surface area contributed by atoms with Crippen LogP contribution in [0.4, 0.5) is 5.00 Å². The highest BCUT2D eigenvalue weighted by Gasteiger charge is 2.22. The average molecular weight is 406 g/mol. The maximum Gasteiger partial charge on any atom is 0.341 e. The number of anilines is 1. The van der Waals surface area contributed by atoms with Gasteiger partial charge in [-0.25, -0.2) is 4.79 Å². The fourth-order valence-corrected chi connectivity index (χ4v) is 4.04. The molecule has 3 rings (SSSR count).